The van der Waals surface area contributed by atoms with Gasteiger partial charge in [0.25, 0.3) is 0 Å². The predicted octanol–water partition coefficient (Wildman–Crippen LogP) is 3.58. The maximum absolute atomic E-state index is 11.8. The first-order valence-electron chi connectivity index (χ1n) is 8.51. The number of carbonyl (C=O) groups excluding carboxylic acids is 1. The van der Waals surface area contributed by atoms with Crippen molar-refractivity contribution < 1.29 is 4.79 Å². The monoisotopic (exact) mass is 299 g/mol. The minimum Gasteiger partial charge on any atom is -0.356 e. The minimum absolute atomic E-state index is 0.205. The second-order valence-corrected chi connectivity index (χ2v) is 6.34. The lowest BCUT2D eigenvalue weighted by molar-refractivity contribution is -0.121. The largest absolute Gasteiger partial charge is 0.356 e. The number of aromatic nitrogens is 2. The van der Waals surface area contributed by atoms with Gasteiger partial charge in [0.15, 0.2) is 0 Å². The summed E-state index contributed by atoms with van der Waals surface area (Å²) in [6.07, 6.45) is 8.89. The molecule has 4 nitrogen and oxygen atoms in total. The van der Waals surface area contributed by atoms with Crippen LogP contribution in [0.25, 0.3) is 11.0 Å². The van der Waals surface area contributed by atoms with Gasteiger partial charge in [0.05, 0.1) is 11.0 Å². The molecule has 1 heterocycles. The number of aromatic amines is 1. The van der Waals surface area contributed by atoms with Crippen LogP contribution in [0, 0.1) is 5.92 Å². The van der Waals surface area contributed by atoms with Crippen molar-refractivity contribution in [2.45, 2.75) is 51.4 Å². The van der Waals surface area contributed by atoms with Crippen LogP contribution < -0.4 is 5.32 Å². The van der Waals surface area contributed by atoms with Crippen molar-refractivity contribution in [1.82, 2.24) is 15.3 Å². The molecule has 4 heteroatoms. The fraction of sp³-hybridized carbons (Fsp3) is 0.556. The Labute approximate surface area is 131 Å². The quantitative estimate of drug-likeness (QED) is 0.768. The molecule has 0 atom stereocenters. The summed E-state index contributed by atoms with van der Waals surface area (Å²) in [6, 6.07) is 8.06. The standard InChI is InChI=1S/C18H25N3O/c22-18(12-11-14-6-1-2-7-14)19-13-5-10-17-20-15-8-3-4-9-16(15)21-17/h3-4,8-9,14H,1-2,5-7,10-13H2,(H,19,22)(H,20,21). The van der Waals surface area contributed by atoms with Crippen molar-refractivity contribution >= 4 is 16.9 Å². The zero-order valence-electron chi connectivity index (χ0n) is 13.1. The number of hydrogen-bond donors (Lipinski definition) is 2. The molecule has 3 rings (SSSR count). The highest BCUT2D eigenvalue weighted by Crippen LogP contribution is 2.28. The summed E-state index contributed by atoms with van der Waals surface area (Å²) in [5.41, 5.74) is 2.09. The van der Waals surface area contributed by atoms with Gasteiger partial charge in [-0.3, -0.25) is 4.79 Å². The number of nitrogens with zero attached hydrogens (tertiary/aromatic N) is 1. The zero-order chi connectivity index (χ0) is 15.2. The number of nitrogens with one attached hydrogen (secondary N) is 2. The maximum atomic E-state index is 11.8. The van der Waals surface area contributed by atoms with Crippen molar-refractivity contribution in [3.8, 4) is 0 Å². The summed E-state index contributed by atoms with van der Waals surface area (Å²) in [4.78, 5) is 19.7. The van der Waals surface area contributed by atoms with Gasteiger partial charge >= 0.3 is 0 Å². The van der Waals surface area contributed by atoms with Crippen LogP contribution in [0.4, 0.5) is 0 Å². The molecular weight excluding hydrogens is 274 g/mol. The van der Waals surface area contributed by atoms with Gasteiger partial charge in [-0.15, -0.1) is 0 Å². The van der Waals surface area contributed by atoms with Crippen molar-refractivity contribution in [3.63, 3.8) is 0 Å². The third-order valence-electron chi connectivity index (χ3n) is 4.61. The van der Waals surface area contributed by atoms with Crippen LogP contribution in [0.3, 0.4) is 0 Å². The number of H-pyrrole nitrogens is 1. The second-order valence-electron chi connectivity index (χ2n) is 6.34. The van der Waals surface area contributed by atoms with Crippen LogP contribution in [0.1, 0.15) is 50.8 Å². The lowest BCUT2D eigenvalue weighted by Gasteiger charge is -2.08. The summed E-state index contributed by atoms with van der Waals surface area (Å²) in [7, 11) is 0. The molecule has 0 bridgehead atoms. The number of imidazole rings is 1. The molecule has 0 radical (unpaired) electrons. The fourth-order valence-corrected chi connectivity index (χ4v) is 3.33. The first-order chi connectivity index (χ1) is 10.8. The van der Waals surface area contributed by atoms with E-state index >= 15 is 0 Å². The van der Waals surface area contributed by atoms with Crippen LogP contribution in [0.2, 0.25) is 0 Å². The van der Waals surface area contributed by atoms with Crippen LogP contribution in [-0.2, 0) is 11.2 Å². The van der Waals surface area contributed by atoms with Gasteiger partial charge in [0, 0.05) is 19.4 Å². The topological polar surface area (TPSA) is 57.8 Å². The Morgan fingerprint density at radius 3 is 2.91 bits per heavy atom. The van der Waals surface area contributed by atoms with E-state index in [1.54, 1.807) is 0 Å². The molecule has 0 spiro atoms. The van der Waals surface area contributed by atoms with Gasteiger partial charge in [-0.1, -0.05) is 37.8 Å². The van der Waals surface area contributed by atoms with E-state index in [1.807, 2.05) is 24.3 Å². The van der Waals surface area contributed by atoms with Crippen LogP contribution in [0.5, 0.6) is 0 Å². The fourth-order valence-electron chi connectivity index (χ4n) is 3.33. The zero-order valence-corrected chi connectivity index (χ0v) is 13.1. The number of amides is 1. The molecule has 118 valence electrons. The molecule has 1 aromatic heterocycles. The van der Waals surface area contributed by atoms with Gasteiger partial charge in [-0.05, 0) is 30.9 Å². The Bertz CT molecular complexity index is 581. The summed E-state index contributed by atoms with van der Waals surface area (Å²) >= 11 is 0. The summed E-state index contributed by atoms with van der Waals surface area (Å²) in [5, 5.41) is 3.03. The lowest BCUT2D eigenvalue weighted by Crippen LogP contribution is -2.25. The molecule has 1 saturated carbocycles. The minimum atomic E-state index is 0.205. The van der Waals surface area contributed by atoms with Crippen LogP contribution >= 0.6 is 0 Å². The third-order valence-corrected chi connectivity index (χ3v) is 4.61. The Hall–Kier alpha value is -1.84. The van der Waals surface area contributed by atoms with Gasteiger partial charge in [0.1, 0.15) is 5.82 Å². The van der Waals surface area contributed by atoms with Gasteiger partial charge in [0.2, 0.25) is 5.91 Å². The Morgan fingerprint density at radius 1 is 1.27 bits per heavy atom. The summed E-state index contributed by atoms with van der Waals surface area (Å²) in [6.45, 7) is 0.737. The number of para-hydroxylation sites is 2. The van der Waals surface area contributed by atoms with E-state index in [9.17, 15) is 4.79 Å². The van der Waals surface area contributed by atoms with Crippen LogP contribution in [-0.4, -0.2) is 22.4 Å². The summed E-state index contributed by atoms with van der Waals surface area (Å²) in [5.74, 6) is 2.00. The lowest BCUT2D eigenvalue weighted by atomic mass is 10.0. The molecule has 1 amide bonds. The Morgan fingerprint density at radius 2 is 2.09 bits per heavy atom. The smallest absolute Gasteiger partial charge is 0.220 e. The van der Waals surface area contributed by atoms with Gasteiger partial charge in [-0.2, -0.15) is 0 Å². The van der Waals surface area contributed by atoms with E-state index in [1.165, 1.54) is 25.7 Å². The van der Waals surface area contributed by atoms with E-state index in [0.29, 0.717) is 6.42 Å². The van der Waals surface area contributed by atoms with E-state index in [4.69, 9.17) is 0 Å². The van der Waals surface area contributed by atoms with Crippen molar-refractivity contribution in [2.24, 2.45) is 5.92 Å². The summed E-state index contributed by atoms with van der Waals surface area (Å²) < 4.78 is 0. The van der Waals surface area contributed by atoms with E-state index in [0.717, 1.165) is 48.6 Å². The Balaban J connectivity index is 1.33. The average Bonchev–Trinajstić information content (AvgIpc) is 3.18. The van der Waals surface area contributed by atoms with Crippen molar-refractivity contribution in [2.75, 3.05) is 6.54 Å². The molecule has 0 unspecified atom stereocenters. The molecule has 0 aliphatic heterocycles. The normalized spacial score (nSPS) is 15.5. The first kappa shape index (κ1) is 15.1. The molecule has 0 saturated heterocycles. The molecule has 22 heavy (non-hydrogen) atoms. The highest BCUT2D eigenvalue weighted by Gasteiger charge is 2.15. The molecule has 2 aromatic rings. The van der Waals surface area contributed by atoms with Crippen LogP contribution in [0.15, 0.2) is 24.3 Å². The Kier molecular flexibility index (Phi) is 5.09. The van der Waals surface area contributed by atoms with Gasteiger partial charge < -0.3 is 10.3 Å². The molecular formula is C18H25N3O. The highest BCUT2D eigenvalue weighted by molar-refractivity contribution is 5.76. The predicted molar refractivity (Wildman–Crippen MR) is 88.6 cm³/mol. The molecule has 1 aliphatic carbocycles. The molecule has 1 fully saturated rings. The SMILES string of the molecule is O=C(CCC1CCCC1)NCCCc1nc2ccccc2[nH]1. The molecule has 1 aromatic carbocycles. The number of rotatable bonds is 7. The maximum Gasteiger partial charge on any atom is 0.220 e. The number of carbonyl (C=O) groups is 1. The van der Waals surface area contributed by atoms with E-state index in [-0.39, 0.29) is 5.91 Å². The van der Waals surface area contributed by atoms with Gasteiger partial charge in [-0.25, -0.2) is 4.98 Å². The van der Waals surface area contributed by atoms with Crippen molar-refractivity contribution in [3.05, 3.63) is 30.1 Å². The average molecular weight is 299 g/mol. The van der Waals surface area contributed by atoms with E-state index < -0.39 is 0 Å². The molecule has 2 N–H and O–H groups in total. The number of hydrogen-bond acceptors (Lipinski definition) is 2. The number of fused-ring (bicyclic) bond motifs is 1. The number of benzene rings is 1. The first-order valence-corrected chi connectivity index (χ1v) is 8.51. The molecule has 1 aliphatic rings. The third kappa shape index (κ3) is 4.09. The number of aryl methyl sites for hydroxylation is 1. The van der Waals surface area contributed by atoms with E-state index in [2.05, 4.69) is 15.3 Å². The highest BCUT2D eigenvalue weighted by atomic mass is 16.1. The van der Waals surface area contributed by atoms with Crippen molar-refractivity contribution in [1.29, 1.82) is 0 Å². The second kappa shape index (κ2) is 7.43.